The normalized spacial score (nSPS) is 12.9. The van der Waals surface area contributed by atoms with Crippen LogP contribution >= 0.6 is 0 Å². The lowest BCUT2D eigenvalue weighted by molar-refractivity contribution is 1.13. The zero-order valence-corrected chi connectivity index (χ0v) is 13.6. The molecule has 1 aliphatic rings. The molecule has 4 rings (SSSR count). The third-order valence-corrected chi connectivity index (χ3v) is 4.83. The second-order valence-electron chi connectivity index (χ2n) is 6.35. The molecular formula is C23H20. The molecular weight excluding hydrogens is 276 g/mol. The van der Waals surface area contributed by atoms with E-state index >= 15 is 0 Å². The fourth-order valence-electron chi connectivity index (χ4n) is 3.57. The summed E-state index contributed by atoms with van der Waals surface area (Å²) in [6, 6.07) is 24.0. The van der Waals surface area contributed by atoms with E-state index in [4.69, 9.17) is 0 Å². The molecule has 0 unspecified atom stereocenters. The molecule has 0 atom stereocenters. The van der Waals surface area contributed by atoms with Crippen LogP contribution in [-0.2, 0) is 6.42 Å². The van der Waals surface area contributed by atoms with Crippen LogP contribution in [0.25, 0.3) is 11.6 Å². The average Bonchev–Trinajstić information content (AvgIpc) is 2.77. The average molecular weight is 296 g/mol. The highest BCUT2D eigenvalue weighted by molar-refractivity contribution is 5.95. The predicted octanol–water partition coefficient (Wildman–Crippen LogP) is 5.80. The van der Waals surface area contributed by atoms with E-state index in [0.29, 0.717) is 0 Å². The first-order valence-electron chi connectivity index (χ1n) is 8.18. The van der Waals surface area contributed by atoms with Gasteiger partial charge in [-0.2, -0.15) is 0 Å². The van der Waals surface area contributed by atoms with Gasteiger partial charge in [-0.05, 0) is 70.9 Å². The molecule has 0 heterocycles. The van der Waals surface area contributed by atoms with Crippen molar-refractivity contribution in [3.8, 4) is 0 Å². The maximum absolute atomic E-state index is 2.36. The van der Waals surface area contributed by atoms with Gasteiger partial charge in [0, 0.05) is 0 Å². The van der Waals surface area contributed by atoms with Crippen molar-refractivity contribution in [1.29, 1.82) is 0 Å². The van der Waals surface area contributed by atoms with E-state index in [1.54, 1.807) is 0 Å². The van der Waals surface area contributed by atoms with Crippen LogP contribution in [0.1, 0.15) is 38.9 Å². The lowest BCUT2D eigenvalue weighted by atomic mass is 9.87. The van der Waals surface area contributed by atoms with E-state index in [9.17, 15) is 0 Å². The minimum absolute atomic E-state index is 1.01. The van der Waals surface area contributed by atoms with E-state index < -0.39 is 0 Å². The van der Waals surface area contributed by atoms with E-state index in [-0.39, 0.29) is 0 Å². The van der Waals surface area contributed by atoms with Crippen molar-refractivity contribution in [2.24, 2.45) is 0 Å². The smallest absolute Gasteiger partial charge is 0.00109 e. The Balaban J connectivity index is 2.07. The molecule has 3 aromatic carbocycles. The Bertz CT molecular complexity index is 899. The maximum Gasteiger partial charge on any atom is -0.00109 e. The van der Waals surface area contributed by atoms with Crippen LogP contribution in [0.4, 0.5) is 0 Å². The maximum atomic E-state index is 2.36. The molecule has 0 spiro atoms. The summed E-state index contributed by atoms with van der Waals surface area (Å²) in [7, 11) is 0. The van der Waals surface area contributed by atoms with Gasteiger partial charge in [0.05, 0.1) is 0 Å². The molecule has 0 N–H and O–H groups in total. The van der Waals surface area contributed by atoms with E-state index in [1.807, 2.05) is 0 Å². The Morgan fingerprint density at radius 1 is 0.696 bits per heavy atom. The number of benzene rings is 3. The molecule has 0 nitrogen and oxygen atoms in total. The van der Waals surface area contributed by atoms with Crippen LogP contribution < -0.4 is 0 Å². The van der Waals surface area contributed by atoms with Crippen LogP contribution in [-0.4, -0.2) is 0 Å². The predicted molar refractivity (Wildman–Crippen MR) is 98.6 cm³/mol. The van der Waals surface area contributed by atoms with Gasteiger partial charge in [0.25, 0.3) is 0 Å². The number of hydrogen-bond acceptors (Lipinski definition) is 0. The largest absolute Gasteiger partial charge is 0.0622 e. The molecule has 3 aromatic rings. The number of aryl methyl sites for hydroxylation is 2. The first kappa shape index (κ1) is 14.0. The third kappa shape index (κ3) is 2.41. The van der Waals surface area contributed by atoms with E-state index in [0.717, 1.165) is 6.42 Å². The summed E-state index contributed by atoms with van der Waals surface area (Å²) in [5.74, 6) is 0. The lowest BCUT2D eigenvalue weighted by Gasteiger charge is -2.17. The highest BCUT2D eigenvalue weighted by atomic mass is 14.2. The SMILES string of the molecule is Cc1ccc(C)c2c1Cc1ccccc1C=C2c1ccccc1. The molecule has 23 heavy (non-hydrogen) atoms. The summed E-state index contributed by atoms with van der Waals surface area (Å²) in [6.07, 6.45) is 3.37. The second-order valence-corrected chi connectivity index (χ2v) is 6.35. The third-order valence-electron chi connectivity index (χ3n) is 4.83. The quantitative estimate of drug-likeness (QED) is 0.416. The number of rotatable bonds is 1. The highest BCUT2D eigenvalue weighted by Crippen LogP contribution is 2.37. The van der Waals surface area contributed by atoms with E-state index in [2.05, 4.69) is 86.7 Å². The van der Waals surface area contributed by atoms with Gasteiger partial charge >= 0.3 is 0 Å². The van der Waals surface area contributed by atoms with Gasteiger partial charge < -0.3 is 0 Å². The van der Waals surface area contributed by atoms with Crippen molar-refractivity contribution in [2.75, 3.05) is 0 Å². The minimum atomic E-state index is 1.01. The molecule has 0 radical (unpaired) electrons. The van der Waals surface area contributed by atoms with Gasteiger partial charge in [0.15, 0.2) is 0 Å². The molecule has 0 saturated carbocycles. The van der Waals surface area contributed by atoms with Gasteiger partial charge in [-0.15, -0.1) is 0 Å². The summed E-state index contributed by atoms with van der Waals surface area (Å²) in [4.78, 5) is 0. The fourth-order valence-corrected chi connectivity index (χ4v) is 3.57. The van der Waals surface area contributed by atoms with Crippen molar-refractivity contribution < 1.29 is 0 Å². The molecule has 0 heteroatoms. The van der Waals surface area contributed by atoms with Crippen LogP contribution in [0, 0.1) is 13.8 Å². The summed E-state index contributed by atoms with van der Waals surface area (Å²) >= 11 is 0. The minimum Gasteiger partial charge on any atom is -0.0622 e. The molecule has 0 aromatic heterocycles. The molecule has 0 aliphatic heterocycles. The first-order chi connectivity index (χ1) is 11.2. The van der Waals surface area contributed by atoms with Crippen LogP contribution in [0.2, 0.25) is 0 Å². The Kier molecular flexibility index (Phi) is 3.38. The van der Waals surface area contributed by atoms with Gasteiger partial charge in [-0.1, -0.05) is 66.7 Å². The second kappa shape index (κ2) is 5.55. The first-order valence-corrected chi connectivity index (χ1v) is 8.18. The van der Waals surface area contributed by atoms with E-state index in [1.165, 1.54) is 44.5 Å². The van der Waals surface area contributed by atoms with Gasteiger partial charge in [-0.3, -0.25) is 0 Å². The summed E-state index contributed by atoms with van der Waals surface area (Å²) in [5, 5.41) is 0. The zero-order valence-electron chi connectivity index (χ0n) is 13.6. The van der Waals surface area contributed by atoms with Crippen molar-refractivity contribution in [2.45, 2.75) is 20.3 Å². The monoisotopic (exact) mass is 296 g/mol. The standard InChI is InChI=1S/C23H20/c1-16-12-13-17(2)23-21(16)14-19-10-6-7-11-20(19)15-22(23)18-8-4-3-5-9-18/h3-13,15H,14H2,1-2H3. The molecule has 0 amide bonds. The van der Waals surface area contributed by atoms with Gasteiger partial charge in [-0.25, -0.2) is 0 Å². The van der Waals surface area contributed by atoms with Crippen molar-refractivity contribution in [3.63, 3.8) is 0 Å². The number of fused-ring (bicyclic) bond motifs is 2. The zero-order chi connectivity index (χ0) is 15.8. The molecule has 0 bridgehead atoms. The summed E-state index contributed by atoms with van der Waals surface area (Å²) in [6.45, 7) is 4.46. The van der Waals surface area contributed by atoms with Crippen molar-refractivity contribution >= 4 is 11.6 Å². The Morgan fingerprint density at radius 3 is 2.22 bits per heavy atom. The van der Waals surface area contributed by atoms with Gasteiger partial charge in [0.2, 0.25) is 0 Å². The van der Waals surface area contributed by atoms with Crippen molar-refractivity contribution in [3.05, 3.63) is 106 Å². The van der Waals surface area contributed by atoms with Gasteiger partial charge in [0.1, 0.15) is 0 Å². The highest BCUT2D eigenvalue weighted by Gasteiger charge is 2.19. The fraction of sp³-hybridized carbons (Fsp3) is 0.130. The molecule has 1 aliphatic carbocycles. The molecule has 0 saturated heterocycles. The molecule has 112 valence electrons. The Labute approximate surface area is 138 Å². The topological polar surface area (TPSA) is 0 Å². The number of hydrogen-bond donors (Lipinski definition) is 0. The lowest BCUT2D eigenvalue weighted by Crippen LogP contribution is -2.00. The summed E-state index contributed by atoms with van der Waals surface area (Å²) < 4.78 is 0. The van der Waals surface area contributed by atoms with Crippen LogP contribution in [0.5, 0.6) is 0 Å². The van der Waals surface area contributed by atoms with Crippen LogP contribution in [0.3, 0.4) is 0 Å². The Hall–Kier alpha value is -2.60. The van der Waals surface area contributed by atoms with Crippen molar-refractivity contribution in [1.82, 2.24) is 0 Å². The molecule has 0 fully saturated rings. The Morgan fingerprint density at radius 2 is 1.39 bits per heavy atom. The summed E-state index contributed by atoms with van der Waals surface area (Å²) in [5.41, 5.74) is 11.0. The van der Waals surface area contributed by atoms with Crippen LogP contribution in [0.15, 0.2) is 66.7 Å².